The number of amides is 1. The number of rotatable bonds is 5. The van der Waals surface area contributed by atoms with Crippen molar-refractivity contribution in [3.63, 3.8) is 0 Å². The lowest BCUT2D eigenvalue weighted by molar-refractivity contribution is -0.112. The summed E-state index contributed by atoms with van der Waals surface area (Å²) in [5, 5.41) is 12.9. The second-order valence-electron chi connectivity index (χ2n) is 6.82. The van der Waals surface area contributed by atoms with Crippen LogP contribution in [-0.4, -0.2) is 10.5 Å². The van der Waals surface area contributed by atoms with E-state index in [9.17, 15) is 14.4 Å². The molecule has 1 aromatic heterocycles. The number of anilines is 1. The number of nitriles is 1. The summed E-state index contributed by atoms with van der Waals surface area (Å²) in [6.07, 6.45) is 3.46. The molecule has 0 aliphatic carbocycles. The first-order chi connectivity index (χ1) is 14.7. The molecule has 0 aliphatic heterocycles. The van der Waals surface area contributed by atoms with Gasteiger partial charge < -0.3 is 9.88 Å². The van der Waals surface area contributed by atoms with Crippen LogP contribution < -0.4 is 5.32 Å². The molecule has 0 atom stereocenters. The minimum atomic E-state index is -0.650. The van der Waals surface area contributed by atoms with E-state index >= 15 is 0 Å². The van der Waals surface area contributed by atoms with Gasteiger partial charge in [0.2, 0.25) is 0 Å². The molecule has 1 amide bonds. The normalized spacial score (nSPS) is 11.3. The number of nitrogens with one attached hydrogen (secondary N) is 1. The Morgan fingerprint density at radius 2 is 1.70 bits per heavy atom. The summed E-state index contributed by atoms with van der Waals surface area (Å²) in [4.78, 5) is 12.6. The molecule has 5 heteroatoms. The maximum Gasteiger partial charge on any atom is 0.266 e. The summed E-state index contributed by atoms with van der Waals surface area (Å²) in [7, 11) is 0. The van der Waals surface area contributed by atoms with Gasteiger partial charge in [-0.2, -0.15) is 5.26 Å². The molecule has 0 spiro atoms. The van der Waals surface area contributed by atoms with Gasteiger partial charge in [-0.25, -0.2) is 4.39 Å². The fourth-order valence-corrected chi connectivity index (χ4v) is 3.36. The van der Waals surface area contributed by atoms with E-state index in [-0.39, 0.29) is 11.3 Å². The Morgan fingerprint density at radius 1 is 1.00 bits per heavy atom. The zero-order valence-electron chi connectivity index (χ0n) is 16.0. The van der Waals surface area contributed by atoms with Crippen molar-refractivity contribution in [3.05, 3.63) is 108 Å². The van der Waals surface area contributed by atoms with Gasteiger partial charge in [-0.1, -0.05) is 60.7 Å². The van der Waals surface area contributed by atoms with Crippen LogP contribution in [0.25, 0.3) is 17.0 Å². The number of halogens is 1. The Kier molecular flexibility index (Phi) is 5.40. The number of aromatic nitrogens is 1. The van der Waals surface area contributed by atoms with Crippen LogP contribution in [0.5, 0.6) is 0 Å². The van der Waals surface area contributed by atoms with Crippen LogP contribution in [0.3, 0.4) is 0 Å². The van der Waals surface area contributed by atoms with Crippen molar-refractivity contribution in [1.29, 1.82) is 5.26 Å². The molecule has 146 valence electrons. The SMILES string of the molecule is N#C/C(=C\c1cn(Cc2ccccc2)c2ccccc12)C(=O)Nc1ccccc1F. The molecule has 0 saturated carbocycles. The predicted molar refractivity (Wildman–Crippen MR) is 116 cm³/mol. The van der Waals surface area contributed by atoms with Gasteiger partial charge in [-0.3, -0.25) is 4.79 Å². The summed E-state index contributed by atoms with van der Waals surface area (Å²) in [6.45, 7) is 0.665. The van der Waals surface area contributed by atoms with Crippen LogP contribution >= 0.6 is 0 Å². The smallest absolute Gasteiger partial charge is 0.266 e. The van der Waals surface area contributed by atoms with Crippen LogP contribution in [0.2, 0.25) is 0 Å². The van der Waals surface area contributed by atoms with Crippen molar-refractivity contribution in [2.24, 2.45) is 0 Å². The van der Waals surface area contributed by atoms with Gasteiger partial charge in [0.15, 0.2) is 0 Å². The summed E-state index contributed by atoms with van der Waals surface area (Å²) >= 11 is 0. The molecule has 0 bridgehead atoms. The van der Waals surface area contributed by atoms with Gasteiger partial charge in [-0.15, -0.1) is 0 Å². The van der Waals surface area contributed by atoms with E-state index in [1.54, 1.807) is 12.1 Å². The second kappa shape index (κ2) is 8.46. The fraction of sp³-hybridized carbons (Fsp3) is 0.0400. The van der Waals surface area contributed by atoms with Crippen molar-refractivity contribution in [2.75, 3.05) is 5.32 Å². The summed E-state index contributed by atoms with van der Waals surface area (Å²) in [5.41, 5.74) is 2.84. The highest BCUT2D eigenvalue weighted by Crippen LogP contribution is 2.25. The van der Waals surface area contributed by atoms with Gasteiger partial charge in [0, 0.05) is 29.2 Å². The van der Waals surface area contributed by atoms with Gasteiger partial charge in [-0.05, 0) is 29.8 Å². The molecule has 0 aliphatic rings. The molecular weight excluding hydrogens is 377 g/mol. The van der Waals surface area contributed by atoms with E-state index in [0.717, 1.165) is 22.0 Å². The highest BCUT2D eigenvalue weighted by Gasteiger charge is 2.14. The summed E-state index contributed by atoms with van der Waals surface area (Å²) in [6, 6.07) is 25.7. The third kappa shape index (κ3) is 3.98. The van der Waals surface area contributed by atoms with Crippen LogP contribution in [0.15, 0.2) is 90.6 Å². The minimum Gasteiger partial charge on any atom is -0.342 e. The van der Waals surface area contributed by atoms with Crippen LogP contribution in [0.1, 0.15) is 11.1 Å². The zero-order valence-corrected chi connectivity index (χ0v) is 16.0. The van der Waals surface area contributed by atoms with Gasteiger partial charge in [0.05, 0.1) is 5.69 Å². The number of benzene rings is 3. The predicted octanol–water partition coefficient (Wildman–Crippen LogP) is 5.37. The van der Waals surface area contributed by atoms with Crippen molar-refractivity contribution in [3.8, 4) is 6.07 Å². The highest BCUT2D eigenvalue weighted by atomic mass is 19.1. The number of fused-ring (bicyclic) bond motifs is 1. The number of hydrogen-bond acceptors (Lipinski definition) is 2. The molecule has 0 saturated heterocycles. The number of hydrogen-bond donors (Lipinski definition) is 1. The summed E-state index contributed by atoms with van der Waals surface area (Å²) < 4.78 is 15.9. The molecular formula is C25H18FN3O. The van der Waals surface area contributed by atoms with Crippen molar-refractivity contribution < 1.29 is 9.18 Å². The highest BCUT2D eigenvalue weighted by molar-refractivity contribution is 6.10. The largest absolute Gasteiger partial charge is 0.342 e. The maximum atomic E-state index is 13.8. The molecule has 0 unspecified atom stereocenters. The lowest BCUT2D eigenvalue weighted by Gasteiger charge is -2.05. The Hall–Kier alpha value is -4.17. The fourth-order valence-electron chi connectivity index (χ4n) is 3.36. The molecule has 0 fully saturated rings. The number of para-hydroxylation sites is 2. The Morgan fingerprint density at radius 3 is 2.47 bits per heavy atom. The number of carbonyl (C=O) groups is 1. The Balaban J connectivity index is 1.69. The zero-order chi connectivity index (χ0) is 20.9. The molecule has 3 aromatic carbocycles. The molecule has 4 rings (SSSR count). The van der Waals surface area contributed by atoms with Crippen molar-refractivity contribution in [2.45, 2.75) is 6.54 Å². The molecule has 0 radical (unpaired) electrons. The minimum absolute atomic E-state index is 0.0372. The van der Waals surface area contributed by atoms with Gasteiger partial charge in [0.1, 0.15) is 17.5 Å². The second-order valence-corrected chi connectivity index (χ2v) is 6.82. The molecule has 4 aromatic rings. The first-order valence-electron chi connectivity index (χ1n) is 9.45. The summed E-state index contributed by atoms with van der Waals surface area (Å²) in [5.74, 6) is -1.20. The standard InChI is InChI=1S/C25H18FN3O/c26-22-11-5-6-12-23(22)28-25(30)19(15-27)14-20-17-29(16-18-8-2-1-3-9-18)24-13-7-4-10-21(20)24/h1-14,17H,16H2,(H,28,30)/b19-14+. The third-order valence-corrected chi connectivity index (χ3v) is 4.80. The first-order valence-corrected chi connectivity index (χ1v) is 9.45. The van der Waals surface area contributed by atoms with Crippen molar-refractivity contribution in [1.82, 2.24) is 4.57 Å². The Labute approximate surface area is 173 Å². The third-order valence-electron chi connectivity index (χ3n) is 4.80. The van der Waals surface area contributed by atoms with Crippen LogP contribution in [0, 0.1) is 17.1 Å². The van der Waals surface area contributed by atoms with E-state index in [4.69, 9.17) is 0 Å². The molecule has 4 nitrogen and oxygen atoms in total. The van der Waals surface area contributed by atoms with E-state index in [0.29, 0.717) is 6.54 Å². The van der Waals surface area contributed by atoms with Gasteiger partial charge >= 0.3 is 0 Å². The van der Waals surface area contributed by atoms with Crippen molar-refractivity contribution >= 4 is 28.6 Å². The lowest BCUT2D eigenvalue weighted by atomic mass is 10.1. The van der Waals surface area contributed by atoms with E-state index in [1.807, 2.05) is 66.9 Å². The van der Waals surface area contributed by atoms with E-state index in [1.165, 1.54) is 18.2 Å². The molecule has 1 heterocycles. The number of carbonyl (C=O) groups excluding carboxylic acids is 1. The van der Waals surface area contributed by atoms with E-state index in [2.05, 4.69) is 9.88 Å². The van der Waals surface area contributed by atoms with Gasteiger partial charge in [0.25, 0.3) is 5.91 Å². The lowest BCUT2D eigenvalue weighted by Crippen LogP contribution is -2.14. The quantitative estimate of drug-likeness (QED) is 0.365. The van der Waals surface area contributed by atoms with Crippen LogP contribution in [-0.2, 0) is 11.3 Å². The van der Waals surface area contributed by atoms with Crippen LogP contribution in [0.4, 0.5) is 10.1 Å². The topological polar surface area (TPSA) is 57.8 Å². The number of nitrogens with zero attached hydrogens (tertiary/aromatic N) is 2. The molecule has 1 N–H and O–H groups in total. The Bertz CT molecular complexity index is 1280. The van der Waals surface area contributed by atoms with E-state index < -0.39 is 11.7 Å². The average molecular weight is 395 g/mol. The maximum absolute atomic E-state index is 13.8. The molecule has 30 heavy (non-hydrogen) atoms. The average Bonchev–Trinajstić information content (AvgIpc) is 3.11. The monoisotopic (exact) mass is 395 g/mol. The first kappa shape index (κ1) is 19.2.